The maximum Gasteiger partial charge on any atom is 0.246 e. The number of halogens is 2. The van der Waals surface area contributed by atoms with Crippen molar-refractivity contribution in [2.75, 3.05) is 26.9 Å². The van der Waals surface area contributed by atoms with E-state index < -0.39 is 11.6 Å². The van der Waals surface area contributed by atoms with E-state index in [4.69, 9.17) is 19.6 Å². The summed E-state index contributed by atoms with van der Waals surface area (Å²) in [6.07, 6.45) is 4.85. The molecule has 1 aliphatic rings. The number of rotatable bonds is 8. The largest absolute Gasteiger partial charge is 0.490 e. The van der Waals surface area contributed by atoms with Gasteiger partial charge in [-0.25, -0.2) is 18.7 Å². The van der Waals surface area contributed by atoms with Gasteiger partial charge in [-0.3, -0.25) is 9.48 Å². The second kappa shape index (κ2) is 11.1. The van der Waals surface area contributed by atoms with Crippen LogP contribution < -0.4 is 4.74 Å². The number of benzene rings is 1. The summed E-state index contributed by atoms with van der Waals surface area (Å²) < 4.78 is 45.7. The van der Waals surface area contributed by atoms with Crippen molar-refractivity contribution in [3.8, 4) is 39.7 Å². The number of thiophene rings is 1. The summed E-state index contributed by atoms with van der Waals surface area (Å²) in [7, 11) is 3.39. The molecule has 0 saturated heterocycles. The van der Waals surface area contributed by atoms with Gasteiger partial charge in [0.2, 0.25) is 5.91 Å². The zero-order valence-electron chi connectivity index (χ0n) is 23.3. The molecule has 5 heterocycles. The average Bonchev–Trinajstić information content (AvgIpc) is 3.72. The molecule has 4 aromatic heterocycles. The Hall–Kier alpha value is -4.42. The number of fused-ring (bicyclic) bond motifs is 2. The third-order valence-electron chi connectivity index (χ3n) is 7.33. The van der Waals surface area contributed by atoms with Gasteiger partial charge >= 0.3 is 0 Å². The smallest absolute Gasteiger partial charge is 0.246 e. The lowest BCUT2D eigenvalue weighted by molar-refractivity contribution is -0.129. The second-order valence-electron chi connectivity index (χ2n) is 9.96. The molecule has 0 N–H and O–H groups in total. The minimum Gasteiger partial charge on any atom is -0.490 e. The van der Waals surface area contributed by atoms with Crippen molar-refractivity contribution in [1.29, 1.82) is 0 Å². The minimum atomic E-state index is -0.786. The lowest BCUT2D eigenvalue weighted by atomic mass is 9.97. The fourth-order valence-electron chi connectivity index (χ4n) is 5.35. The number of amides is 1. The van der Waals surface area contributed by atoms with Crippen molar-refractivity contribution in [2.24, 2.45) is 7.05 Å². The Morgan fingerprint density at radius 1 is 1.17 bits per heavy atom. The van der Waals surface area contributed by atoms with E-state index in [0.29, 0.717) is 41.4 Å². The molecular weight excluding hydrogens is 562 g/mol. The fraction of sp³-hybridized carbons (Fsp3) is 0.267. The molecule has 1 amide bonds. The molecule has 0 aliphatic carbocycles. The molecule has 6 rings (SSSR count). The summed E-state index contributed by atoms with van der Waals surface area (Å²) in [5, 5.41) is 7.54. The first kappa shape index (κ1) is 27.7. The fourth-order valence-corrected chi connectivity index (χ4v) is 6.30. The molecule has 12 heteroatoms. The molecule has 0 fully saturated rings. The predicted molar refractivity (Wildman–Crippen MR) is 156 cm³/mol. The van der Waals surface area contributed by atoms with Gasteiger partial charge in [0.15, 0.2) is 0 Å². The van der Waals surface area contributed by atoms with Crippen molar-refractivity contribution in [1.82, 2.24) is 29.2 Å². The lowest BCUT2D eigenvalue weighted by Gasteiger charge is -2.33. The number of imidazole rings is 1. The number of hydrogen-bond acceptors (Lipinski definition) is 7. The number of carbonyl (C=O) groups excluding carboxylic acids is 1. The van der Waals surface area contributed by atoms with E-state index in [-0.39, 0.29) is 36.5 Å². The van der Waals surface area contributed by atoms with E-state index in [9.17, 15) is 9.18 Å². The van der Waals surface area contributed by atoms with Crippen molar-refractivity contribution < 1.29 is 23.0 Å². The Labute approximate surface area is 244 Å². The number of carbonyl (C=O) groups is 1. The van der Waals surface area contributed by atoms with Crippen molar-refractivity contribution >= 4 is 27.3 Å². The van der Waals surface area contributed by atoms with Crippen LogP contribution in [0.3, 0.4) is 0 Å². The summed E-state index contributed by atoms with van der Waals surface area (Å²) >= 11 is 1.41. The summed E-state index contributed by atoms with van der Waals surface area (Å²) in [5.74, 6) is -1.68. The molecule has 0 bridgehead atoms. The molecule has 0 spiro atoms. The standard InChI is InChI=1S/C30H28F2N6O3S/c1-5-25(39)37-7-8-38-23(17(37)2)14-21(35-38)29-27(26-20(32)12-18(31)13-24(26)41-10-9-40-4)30-19(6-11-42-30)28(34-29)22-15-36(3)16-33-22/h5-6,11-17H,1,7-10H2,2-4H3/t17-/m1/s1. The topological polar surface area (TPSA) is 87.3 Å². The number of nitrogens with zero attached hydrogens (tertiary/aromatic N) is 6. The molecule has 0 saturated carbocycles. The molecule has 0 radical (unpaired) electrons. The Kier molecular flexibility index (Phi) is 7.33. The van der Waals surface area contributed by atoms with Crippen LogP contribution >= 0.6 is 11.3 Å². The van der Waals surface area contributed by atoms with E-state index >= 15 is 4.39 Å². The van der Waals surface area contributed by atoms with Crippen molar-refractivity contribution in [3.05, 3.63) is 72.2 Å². The monoisotopic (exact) mass is 590 g/mol. The summed E-state index contributed by atoms with van der Waals surface area (Å²) in [6.45, 7) is 6.82. The normalized spacial score (nSPS) is 14.8. The van der Waals surface area contributed by atoms with Gasteiger partial charge in [-0.2, -0.15) is 5.10 Å². The van der Waals surface area contributed by atoms with Crippen LogP contribution in [0.15, 0.2) is 54.8 Å². The molecule has 1 atom stereocenters. The lowest BCUT2D eigenvalue weighted by Crippen LogP contribution is -2.40. The van der Waals surface area contributed by atoms with Crippen LogP contribution in [0.2, 0.25) is 0 Å². The average molecular weight is 591 g/mol. The molecule has 1 aliphatic heterocycles. The summed E-state index contributed by atoms with van der Waals surface area (Å²) in [4.78, 5) is 23.8. The molecule has 5 aromatic rings. The highest BCUT2D eigenvalue weighted by Gasteiger charge is 2.31. The number of methoxy groups -OCH3 is 1. The molecule has 9 nitrogen and oxygen atoms in total. The van der Waals surface area contributed by atoms with Gasteiger partial charge in [0.1, 0.15) is 41.1 Å². The van der Waals surface area contributed by atoms with Crippen LogP contribution in [-0.4, -0.2) is 62.0 Å². The van der Waals surface area contributed by atoms with E-state index in [2.05, 4.69) is 11.6 Å². The highest BCUT2D eigenvalue weighted by molar-refractivity contribution is 7.18. The molecule has 42 heavy (non-hydrogen) atoms. The summed E-state index contributed by atoms with van der Waals surface area (Å²) in [5.41, 5.74) is 3.45. The molecule has 216 valence electrons. The third kappa shape index (κ3) is 4.76. The van der Waals surface area contributed by atoms with Gasteiger partial charge < -0.3 is 18.9 Å². The minimum absolute atomic E-state index is 0.0352. The zero-order chi connectivity index (χ0) is 29.5. The van der Waals surface area contributed by atoms with E-state index in [1.54, 1.807) is 11.2 Å². The first-order valence-electron chi connectivity index (χ1n) is 13.3. The Morgan fingerprint density at radius 2 is 2.00 bits per heavy atom. The molecule has 0 unspecified atom stereocenters. The second-order valence-corrected chi connectivity index (χ2v) is 10.9. The predicted octanol–water partition coefficient (Wildman–Crippen LogP) is 5.62. The van der Waals surface area contributed by atoms with Crippen molar-refractivity contribution in [3.63, 3.8) is 0 Å². The number of aryl methyl sites for hydroxylation is 1. The molecule has 1 aromatic carbocycles. The van der Waals surface area contributed by atoms with E-state index in [1.165, 1.54) is 30.6 Å². The number of ether oxygens (including phenoxy) is 2. The first-order valence-corrected chi connectivity index (χ1v) is 14.2. The third-order valence-corrected chi connectivity index (χ3v) is 8.26. The van der Waals surface area contributed by atoms with Crippen LogP contribution in [0.25, 0.3) is 44.0 Å². The quantitative estimate of drug-likeness (QED) is 0.172. The first-order chi connectivity index (χ1) is 20.3. The van der Waals surface area contributed by atoms with Gasteiger partial charge in [-0.15, -0.1) is 11.3 Å². The van der Waals surface area contributed by atoms with E-state index in [0.717, 1.165) is 21.8 Å². The zero-order valence-corrected chi connectivity index (χ0v) is 24.1. The number of aromatic nitrogens is 5. The molecular formula is C30H28F2N6O3S. The SMILES string of the molecule is C=CC(=O)N1CCn2nc(-c3nc(-c4cn(C)cn4)c4ccsc4c3-c3c(F)cc(F)cc3OCCOC)cc2[C@H]1C. The Balaban J connectivity index is 1.63. The van der Waals surface area contributed by atoms with Crippen molar-refractivity contribution in [2.45, 2.75) is 19.5 Å². The van der Waals surface area contributed by atoms with Gasteiger partial charge in [0.05, 0.1) is 42.5 Å². The van der Waals surface area contributed by atoms with Gasteiger partial charge in [0.25, 0.3) is 0 Å². The number of pyridine rings is 1. The highest BCUT2D eigenvalue weighted by atomic mass is 32.1. The Bertz CT molecular complexity index is 1830. The maximum absolute atomic E-state index is 15.9. The summed E-state index contributed by atoms with van der Waals surface area (Å²) in [6, 6.07) is 5.52. The van der Waals surface area contributed by atoms with Crippen LogP contribution in [0.1, 0.15) is 18.7 Å². The van der Waals surface area contributed by atoms with Gasteiger partial charge in [-0.1, -0.05) is 6.58 Å². The van der Waals surface area contributed by atoms with E-state index in [1.807, 2.05) is 46.9 Å². The maximum atomic E-state index is 15.9. The van der Waals surface area contributed by atoms with Gasteiger partial charge in [0, 0.05) is 54.7 Å². The van der Waals surface area contributed by atoms with Crippen LogP contribution in [0.5, 0.6) is 5.75 Å². The van der Waals surface area contributed by atoms with Gasteiger partial charge in [-0.05, 0) is 30.5 Å². The van der Waals surface area contributed by atoms with Crippen LogP contribution in [0, 0.1) is 11.6 Å². The highest BCUT2D eigenvalue weighted by Crippen LogP contribution is 2.47. The van der Waals surface area contributed by atoms with Crippen LogP contribution in [-0.2, 0) is 23.1 Å². The Morgan fingerprint density at radius 3 is 2.74 bits per heavy atom. The number of hydrogen-bond donors (Lipinski definition) is 0. The van der Waals surface area contributed by atoms with Crippen LogP contribution in [0.4, 0.5) is 8.78 Å².